The Labute approximate surface area is 133 Å². The molecule has 0 saturated carbocycles. The van der Waals surface area contributed by atoms with E-state index in [1.54, 1.807) is 12.1 Å². The maximum atomic E-state index is 13.0. The Morgan fingerprint density at radius 1 is 1.26 bits per heavy atom. The molecule has 1 atom stereocenters. The summed E-state index contributed by atoms with van der Waals surface area (Å²) in [5.74, 6) is -1.64. The molecule has 1 unspecified atom stereocenters. The number of rotatable bonds is 4. The third-order valence-electron chi connectivity index (χ3n) is 3.71. The molecule has 3 N–H and O–H groups in total. The van der Waals surface area contributed by atoms with Crippen LogP contribution in [0.2, 0.25) is 0 Å². The molecule has 2 rings (SSSR count). The van der Waals surface area contributed by atoms with Gasteiger partial charge in [0.25, 0.3) is 0 Å². The third kappa shape index (κ3) is 4.18. The van der Waals surface area contributed by atoms with Crippen molar-refractivity contribution in [2.45, 2.75) is 13.0 Å². The quantitative estimate of drug-likeness (QED) is 0.778. The van der Waals surface area contributed by atoms with E-state index in [1.165, 1.54) is 24.0 Å². The van der Waals surface area contributed by atoms with Crippen molar-refractivity contribution in [1.82, 2.24) is 10.2 Å². The summed E-state index contributed by atoms with van der Waals surface area (Å²) in [6, 6.07) is 5.10. The summed E-state index contributed by atoms with van der Waals surface area (Å²) < 4.78 is 13.0. The van der Waals surface area contributed by atoms with Crippen LogP contribution in [0.15, 0.2) is 24.3 Å². The Bertz CT molecular complexity index is 605. The predicted molar refractivity (Wildman–Crippen MR) is 82.0 cm³/mol. The van der Waals surface area contributed by atoms with Crippen molar-refractivity contribution in [2.24, 2.45) is 5.73 Å². The molecule has 0 aromatic heterocycles. The molecule has 0 bridgehead atoms. The Kier molecular flexibility index (Phi) is 5.15. The van der Waals surface area contributed by atoms with Crippen molar-refractivity contribution in [2.75, 3.05) is 31.1 Å². The van der Waals surface area contributed by atoms with Gasteiger partial charge in [-0.1, -0.05) is 0 Å². The first-order chi connectivity index (χ1) is 10.9. The van der Waals surface area contributed by atoms with E-state index in [0.717, 1.165) is 5.69 Å². The molecule has 0 radical (unpaired) electrons. The van der Waals surface area contributed by atoms with Crippen LogP contribution >= 0.6 is 0 Å². The van der Waals surface area contributed by atoms with Crippen LogP contribution in [0.1, 0.15) is 6.92 Å². The van der Waals surface area contributed by atoms with Gasteiger partial charge in [0.15, 0.2) is 0 Å². The van der Waals surface area contributed by atoms with Gasteiger partial charge in [0.1, 0.15) is 11.9 Å². The Hall–Kier alpha value is -2.64. The predicted octanol–water partition coefficient (Wildman–Crippen LogP) is -0.536. The minimum Gasteiger partial charge on any atom is -0.368 e. The summed E-state index contributed by atoms with van der Waals surface area (Å²) >= 11 is 0. The van der Waals surface area contributed by atoms with E-state index >= 15 is 0 Å². The van der Waals surface area contributed by atoms with Crippen molar-refractivity contribution >= 4 is 23.4 Å². The van der Waals surface area contributed by atoms with Gasteiger partial charge in [0.05, 0.1) is 6.54 Å². The van der Waals surface area contributed by atoms with Crippen LogP contribution in [-0.4, -0.2) is 54.8 Å². The number of carbonyl (C=O) groups is 3. The van der Waals surface area contributed by atoms with Crippen LogP contribution in [0.3, 0.4) is 0 Å². The molecule has 1 aromatic rings. The fourth-order valence-corrected chi connectivity index (χ4v) is 2.51. The molecule has 124 valence electrons. The lowest BCUT2D eigenvalue weighted by Gasteiger charge is -2.41. The molecule has 1 aromatic carbocycles. The van der Waals surface area contributed by atoms with Crippen molar-refractivity contribution in [3.8, 4) is 0 Å². The normalized spacial score (nSPS) is 17.7. The van der Waals surface area contributed by atoms with E-state index in [0.29, 0.717) is 13.1 Å². The Morgan fingerprint density at radius 3 is 2.48 bits per heavy atom. The Balaban J connectivity index is 2.08. The lowest BCUT2D eigenvalue weighted by Crippen LogP contribution is -2.61. The van der Waals surface area contributed by atoms with E-state index in [2.05, 4.69) is 5.32 Å². The van der Waals surface area contributed by atoms with E-state index < -0.39 is 11.9 Å². The summed E-state index contributed by atoms with van der Waals surface area (Å²) in [6.07, 6.45) is 0. The molecule has 23 heavy (non-hydrogen) atoms. The second-order valence-corrected chi connectivity index (χ2v) is 5.34. The van der Waals surface area contributed by atoms with Crippen molar-refractivity contribution in [1.29, 1.82) is 0 Å². The molecule has 0 aliphatic carbocycles. The molecule has 1 saturated heterocycles. The minimum atomic E-state index is -0.796. The zero-order valence-electron chi connectivity index (χ0n) is 12.8. The second-order valence-electron chi connectivity index (χ2n) is 5.34. The van der Waals surface area contributed by atoms with Crippen LogP contribution in [0.25, 0.3) is 0 Å². The summed E-state index contributed by atoms with van der Waals surface area (Å²) in [7, 11) is 0. The summed E-state index contributed by atoms with van der Waals surface area (Å²) in [5, 5.41) is 2.41. The average Bonchev–Trinajstić information content (AvgIpc) is 2.52. The number of benzene rings is 1. The first-order valence-corrected chi connectivity index (χ1v) is 7.22. The second kappa shape index (κ2) is 7.08. The first kappa shape index (κ1) is 16.7. The lowest BCUT2D eigenvalue weighted by atomic mass is 10.1. The zero-order valence-corrected chi connectivity index (χ0v) is 12.8. The molecular weight excluding hydrogens is 303 g/mol. The van der Waals surface area contributed by atoms with E-state index in [-0.39, 0.29) is 30.7 Å². The van der Waals surface area contributed by atoms with Crippen LogP contribution in [-0.2, 0) is 14.4 Å². The summed E-state index contributed by atoms with van der Waals surface area (Å²) in [5.41, 5.74) is 6.17. The number of primary amides is 1. The van der Waals surface area contributed by atoms with Gasteiger partial charge < -0.3 is 20.9 Å². The van der Waals surface area contributed by atoms with Crippen molar-refractivity contribution in [3.05, 3.63) is 30.1 Å². The van der Waals surface area contributed by atoms with Gasteiger partial charge in [-0.3, -0.25) is 14.4 Å². The van der Waals surface area contributed by atoms with Crippen LogP contribution in [0.4, 0.5) is 10.1 Å². The topological polar surface area (TPSA) is 95.7 Å². The summed E-state index contributed by atoms with van der Waals surface area (Å²) in [6.45, 7) is 2.15. The number of amides is 3. The molecule has 1 aliphatic heterocycles. The largest absolute Gasteiger partial charge is 0.368 e. The fraction of sp³-hybridized carbons (Fsp3) is 0.400. The van der Waals surface area contributed by atoms with Gasteiger partial charge in [-0.15, -0.1) is 0 Å². The maximum Gasteiger partial charge on any atom is 0.242 e. The molecule has 7 nitrogen and oxygen atoms in total. The highest BCUT2D eigenvalue weighted by atomic mass is 19.1. The smallest absolute Gasteiger partial charge is 0.242 e. The van der Waals surface area contributed by atoms with Gasteiger partial charge in [-0.25, -0.2) is 4.39 Å². The number of hydrogen-bond acceptors (Lipinski definition) is 4. The number of halogens is 1. The van der Waals surface area contributed by atoms with Crippen LogP contribution < -0.4 is 16.0 Å². The molecule has 8 heteroatoms. The highest BCUT2D eigenvalue weighted by Gasteiger charge is 2.34. The van der Waals surface area contributed by atoms with E-state index in [1.807, 2.05) is 4.90 Å². The molecule has 1 aliphatic rings. The van der Waals surface area contributed by atoms with Crippen molar-refractivity contribution in [3.63, 3.8) is 0 Å². The average molecular weight is 322 g/mol. The number of nitrogens with two attached hydrogens (primary N) is 1. The number of nitrogens with zero attached hydrogens (tertiary/aromatic N) is 2. The number of carbonyl (C=O) groups excluding carboxylic acids is 3. The number of anilines is 1. The highest BCUT2D eigenvalue weighted by molar-refractivity contribution is 5.90. The van der Waals surface area contributed by atoms with Crippen LogP contribution in [0, 0.1) is 5.82 Å². The zero-order chi connectivity index (χ0) is 17.0. The van der Waals surface area contributed by atoms with Gasteiger partial charge in [-0.05, 0) is 24.3 Å². The van der Waals surface area contributed by atoms with Gasteiger partial charge in [0.2, 0.25) is 17.7 Å². The highest BCUT2D eigenvalue weighted by Crippen LogP contribution is 2.19. The fourth-order valence-electron chi connectivity index (χ4n) is 2.51. The maximum absolute atomic E-state index is 13.0. The molecule has 0 spiro atoms. The van der Waals surface area contributed by atoms with Gasteiger partial charge in [0, 0.05) is 32.2 Å². The monoisotopic (exact) mass is 322 g/mol. The van der Waals surface area contributed by atoms with Gasteiger partial charge >= 0.3 is 0 Å². The molecule has 1 fully saturated rings. The first-order valence-electron chi connectivity index (χ1n) is 7.22. The molecule has 3 amide bonds. The standard InChI is InChI=1S/C15H19FN4O3/c1-10(21)18-8-14(22)20-7-6-19(9-13(20)15(17)23)12-4-2-11(16)3-5-12/h2-5,13H,6-9H2,1H3,(H2,17,23)(H,18,21). The van der Waals surface area contributed by atoms with Crippen molar-refractivity contribution < 1.29 is 18.8 Å². The van der Waals surface area contributed by atoms with Gasteiger partial charge in [-0.2, -0.15) is 0 Å². The van der Waals surface area contributed by atoms with E-state index in [4.69, 9.17) is 5.73 Å². The number of hydrogen-bond donors (Lipinski definition) is 2. The number of nitrogens with one attached hydrogen (secondary N) is 1. The lowest BCUT2D eigenvalue weighted by molar-refractivity contribution is -0.139. The molecular formula is C15H19FN4O3. The Morgan fingerprint density at radius 2 is 1.91 bits per heavy atom. The SMILES string of the molecule is CC(=O)NCC(=O)N1CCN(c2ccc(F)cc2)CC1C(N)=O. The molecule has 1 heterocycles. The minimum absolute atomic E-state index is 0.171. The summed E-state index contributed by atoms with van der Waals surface area (Å²) in [4.78, 5) is 38.0. The van der Waals surface area contributed by atoms with E-state index in [9.17, 15) is 18.8 Å². The third-order valence-corrected chi connectivity index (χ3v) is 3.71. The number of piperazine rings is 1. The van der Waals surface area contributed by atoms with Crippen LogP contribution in [0.5, 0.6) is 0 Å².